The van der Waals surface area contributed by atoms with Gasteiger partial charge in [-0.2, -0.15) is 0 Å². The number of carbonyl (C=O) groups excluding carboxylic acids is 1. The summed E-state index contributed by atoms with van der Waals surface area (Å²) in [4.78, 5) is 11.0. The van der Waals surface area contributed by atoms with Gasteiger partial charge in [0.05, 0.1) is 0 Å². The zero-order chi connectivity index (χ0) is 15.2. The Morgan fingerprint density at radius 3 is 2.90 bits per heavy atom. The number of hydrogen-bond acceptors (Lipinski definition) is 6. The molecule has 1 aromatic heterocycles. The van der Waals surface area contributed by atoms with Crippen molar-refractivity contribution in [3.63, 3.8) is 0 Å². The van der Waals surface area contributed by atoms with E-state index < -0.39 is 0 Å². The Morgan fingerprint density at radius 2 is 2.19 bits per heavy atom. The molecule has 5 nitrogen and oxygen atoms in total. The van der Waals surface area contributed by atoms with Crippen LogP contribution in [0.1, 0.15) is 6.92 Å². The second kappa shape index (κ2) is 7.58. The van der Waals surface area contributed by atoms with Gasteiger partial charge in [0.1, 0.15) is 0 Å². The molecule has 0 spiro atoms. The zero-order valence-electron chi connectivity index (χ0n) is 11.2. The molecule has 1 aromatic carbocycles. The quantitative estimate of drug-likeness (QED) is 0.728. The third-order valence-corrected chi connectivity index (χ3v) is 4.90. The lowest BCUT2D eigenvalue weighted by atomic mass is 10.3. The second-order valence-corrected chi connectivity index (χ2v) is 7.39. The molecule has 0 saturated carbocycles. The molecule has 2 aromatic rings. The van der Waals surface area contributed by atoms with E-state index in [4.69, 9.17) is 0 Å². The van der Waals surface area contributed by atoms with Crippen LogP contribution in [0.5, 0.6) is 0 Å². The second-order valence-electron chi connectivity index (χ2n) is 4.07. The van der Waals surface area contributed by atoms with E-state index in [-0.39, 0.29) is 5.91 Å². The van der Waals surface area contributed by atoms with Crippen molar-refractivity contribution in [2.45, 2.75) is 11.3 Å². The van der Waals surface area contributed by atoms with E-state index in [1.165, 1.54) is 18.3 Å². The molecule has 21 heavy (non-hydrogen) atoms. The number of anilines is 3. The maximum Gasteiger partial charge on any atom is 0.221 e. The Kier molecular flexibility index (Phi) is 5.77. The normalized spacial score (nSPS) is 10.2. The monoisotopic (exact) mass is 384 g/mol. The van der Waals surface area contributed by atoms with Crippen molar-refractivity contribution in [1.29, 1.82) is 0 Å². The number of aromatic nitrogens is 2. The summed E-state index contributed by atoms with van der Waals surface area (Å²) in [7, 11) is 0. The van der Waals surface area contributed by atoms with Crippen molar-refractivity contribution in [2.24, 2.45) is 0 Å². The lowest BCUT2D eigenvalue weighted by Crippen LogP contribution is -2.05. The van der Waals surface area contributed by atoms with Gasteiger partial charge < -0.3 is 10.6 Å². The van der Waals surface area contributed by atoms with E-state index >= 15 is 0 Å². The van der Waals surface area contributed by atoms with Crippen LogP contribution in [0.25, 0.3) is 0 Å². The van der Waals surface area contributed by atoms with Gasteiger partial charge in [0.2, 0.25) is 11.0 Å². The molecule has 0 bridgehead atoms. The molecule has 0 aliphatic heterocycles. The number of nitrogens with zero attached hydrogens (tertiary/aromatic N) is 2. The van der Waals surface area contributed by atoms with Gasteiger partial charge in [-0.25, -0.2) is 0 Å². The summed E-state index contributed by atoms with van der Waals surface area (Å²) in [6.07, 6.45) is 0. The van der Waals surface area contributed by atoms with Crippen LogP contribution in [0.2, 0.25) is 0 Å². The van der Waals surface area contributed by atoms with Gasteiger partial charge >= 0.3 is 0 Å². The summed E-state index contributed by atoms with van der Waals surface area (Å²) < 4.78 is 1.79. The molecule has 2 rings (SSSR count). The molecule has 0 aliphatic carbocycles. The lowest BCUT2D eigenvalue weighted by Gasteiger charge is -2.05. The maximum absolute atomic E-state index is 11.0. The van der Waals surface area contributed by atoms with Crippen molar-refractivity contribution < 1.29 is 4.79 Å². The van der Waals surface area contributed by atoms with Crippen LogP contribution >= 0.6 is 39.0 Å². The summed E-state index contributed by atoms with van der Waals surface area (Å²) in [5.74, 6) is 0.656. The van der Waals surface area contributed by atoms with E-state index in [9.17, 15) is 4.79 Å². The van der Waals surface area contributed by atoms with Gasteiger partial charge in [0, 0.05) is 24.1 Å². The number of nitrogens with one attached hydrogen (secondary N) is 2. The number of amides is 1. The summed E-state index contributed by atoms with van der Waals surface area (Å²) >= 11 is 6.35. The summed E-state index contributed by atoms with van der Waals surface area (Å²) in [6.45, 7) is 5.26. The summed E-state index contributed by atoms with van der Waals surface area (Å²) in [5, 5.41) is 14.8. The molecule has 0 unspecified atom stereocenters. The first kappa shape index (κ1) is 16.0. The minimum atomic E-state index is -0.100. The number of thioether (sulfide) groups is 1. The molecule has 0 saturated heterocycles. The fourth-order valence-electron chi connectivity index (χ4n) is 1.46. The van der Waals surface area contributed by atoms with Crippen LogP contribution in [0.15, 0.2) is 39.7 Å². The van der Waals surface area contributed by atoms with E-state index in [0.29, 0.717) is 5.13 Å². The minimum Gasteiger partial charge on any atom is -0.330 e. The highest BCUT2D eigenvalue weighted by molar-refractivity contribution is 9.11. The topological polar surface area (TPSA) is 66.9 Å². The van der Waals surface area contributed by atoms with E-state index in [2.05, 4.69) is 43.3 Å². The molecule has 0 aliphatic rings. The molecule has 2 N–H and O–H groups in total. The number of rotatable bonds is 6. The standard InChI is InChI=1S/C13H13BrN4OS2/c1-8(14)7-20-13-18-17-12(21-13)16-11-5-3-4-10(6-11)15-9(2)19/h3-6H,1,7H2,2H3,(H,15,19)(H,16,17). The van der Waals surface area contributed by atoms with Gasteiger partial charge in [-0.1, -0.05) is 51.7 Å². The van der Waals surface area contributed by atoms with Gasteiger partial charge in [-0.15, -0.1) is 10.2 Å². The maximum atomic E-state index is 11.0. The number of carbonyl (C=O) groups is 1. The van der Waals surface area contributed by atoms with Gasteiger partial charge in [-0.3, -0.25) is 4.79 Å². The predicted molar refractivity (Wildman–Crippen MR) is 92.7 cm³/mol. The highest BCUT2D eigenvalue weighted by atomic mass is 79.9. The van der Waals surface area contributed by atoms with Crippen LogP contribution in [-0.2, 0) is 4.79 Å². The molecule has 0 radical (unpaired) electrons. The molecule has 0 atom stereocenters. The van der Waals surface area contributed by atoms with E-state index in [1.807, 2.05) is 24.3 Å². The van der Waals surface area contributed by atoms with Crippen LogP contribution in [0.4, 0.5) is 16.5 Å². The minimum absolute atomic E-state index is 0.100. The Bertz CT molecular complexity index is 659. The van der Waals surface area contributed by atoms with E-state index in [1.54, 1.807) is 11.8 Å². The average Bonchev–Trinajstić information content (AvgIpc) is 2.83. The SMILES string of the molecule is C=C(Br)CSc1nnc(Nc2cccc(NC(C)=O)c2)s1. The molecule has 0 fully saturated rings. The largest absolute Gasteiger partial charge is 0.330 e. The fraction of sp³-hybridized carbons (Fsp3) is 0.154. The van der Waals surface area contributed by atoms with Crippen LogP contribution < -0.4 is 10.6 Å². The first-order valence-electron chi connectivity index (χ1n) is 5.97. The number of benzene rings is 1. The van der Waals surface area contributed by atoms with E-state index in [0.717, 1.165) is 25.9 Å². The van der Waals surface area contributed by atoms with Crippen molar-refractivity contribution in [2.75, 3.05) is 16.4 Å². The molecule has 8 heteroatoms. The molecular formula is C13H13BrN4OS2. The number of hydrogen-bond donors (Lipinski definition) is 2. The van der Waals surface area contributed by atoms with Crippen LogP contribution in [0, 0.1) is 0 Å². The number of halogens is 1. The predicted octanol–water partition coefficient (Wildman–Crippen LogP) is 4.24. The summed E-state index contributed by atoms with van der Waals surface area (Å²) in [5.41, 5.74) is 1.58. The molecule has 110 valence electrons. The Balaban J connectivity index is 2.01. The fourth-order valence-corrected chi connectivity index (χ4v) is 3.33. The van der Waals surface area contributed by atoms with Crippen molar-refractivity contribution in [3.8, 4) is 0 Å². The van der Waals surface area contributed by atoms with Gasteiger partial charge in [0.15, 0.2) is 4.34 Å². The Hall–Kier alpha value is -1.38. The smallest absolute Gasteiger partial charge is 0.221 e. The zero-order valence-corrected chi connectivity index (χ0v) is 14.4. The first-order valence-corrected chi connectivity index (χ1v) is 8.56. The molecular weight excluding hydrogens is 372 g/mol. The Labute approximate surface area is 139 Å². The van der Waals surface area contributed by atoms with Crippen LogP contribution in [0.3, 0.4) is 0 Å². The van der Waals surface area contributed by atoms with Crippen molar-refractivity contribution >= 4 is 61.4 Å². The molecule has 1 amide bonds. The van der Waals surface area contributed by atoms with Gasteiger partial charge in [-0.05, 0) is 22.7 Å². The van der Waals surface area contributed by atoms with Crippen molar-refractivity contribution in [3.05, 3.63) is 35.3 Å². The van der Waals surface area contributed by atoms with Crippen molar-refractivity contribution in [1.82, 2.24) is 10.2 Å². The molecule has 1 heterocycles. The van der Waals surface area contributed by atoms with Crippen LogP contribution in [-0.4, -0.2) is 21.9 Å². The highest BCUT2D eigenvalue weighted by Crippen LogP contribution is 2.29. The first-order chi connectivity index (χ1) is 10.0. The highest BCUT2D eigenvalue weighted by Gasteiger charge is 2.06. The summed E-state index contributed by atoms with van der Waals surface area (Å²) in [6, 6.07) is 7.44. The third-order valence-electron chi connectivity index (χ3n) is 2.19. The third kappa shape index (κ3) is 5.49. The average molecular weight is 385 g/mol. The Morgan fingerprint density at radius 1 is 1.43 bits per heavy atom. The van der Waals surface area contributed by atoms with Gasteiger partial charge in [0.25, 0.3) is 0 Å². The lowest BCUT2D eigenvalue weighted by molar-refractivity contribution is -0.114.